The van der Waals surface area contributed by atoms with Gasteiger partial charge in [-0.1, -0.05) is 0 Å². The van der Waals surface area contributed by atoms with E-state index in [1.165, 1.54) is 12.1 Å². The van der Waals surface area contributed by atoms with Crippen molar-refractivity contribution in [3.63, 3.8) is 0 Å². The normalized spacial score (nSPS) is 10.1. The molecule has 0 atom stereocenters. The largest absolute Gasteiger partial charge is 0.477 e. The van der Waals surface area contributed by atoms with E-state index in [2.05, 4.69) is 9.47 Å². The standard InChI is InChI=1S/C12H6O8S/c13-3-19-5-1-2-6(20-4-14)8-7(5)9(11(15)16)21-10(8)12(17)18/h1-4H,(H,15,16)(H,17,18). The number of thiophene rings is 1. The first-order valence-electron chi connectivity index (χ1n) is 5.28. The number of carboxylic acid groups (broad SMARTS) is 2. The van der Waals surface area contributed by atoms with Crippen LogP contribution in [0.25, 0.3) is 10.8 Å². The number of aromatic carboxylic acids is 2. The minimum atomic E-state index is -1.39. The van der Waals surface area contributed by atoms with Gasteiger partial charge < -0.3 is 19.7 Å². The second-order valence-corrected chi connectivity index (χ2v) is 4.63. The van der Waals surface area contributed by atoms with Crippen LogP contribution in [0.2, 0.25) is 0 Å². The van der Waals surface area contributed by atoms with Crippen molar-refractivity contribution in [2.45, 2.75) is 0 Å². The predicted octanol–water partition coefficient (Wildman–Crippen LogP) is 1.37. The average Bonchev–Trinajstić information content (AvgIpc) is 2.83. The lowest BCUT2D eigenvalue weighted by Crippen LogP contribution is -1.98. The van der Waals surface area contributed by atoms with Crippen LogP contribution in [0.1, 0.15) is 19.3 Å². The molecular formula is C12H6O8S. The molecule has 2 aromatic rings. The summed E-state index contributed by atoms with van der Waals surface area (Å²) in [7, 11) is 0. The zero-order chi connectivity index (χ0) is 15.6. The van der Waals surface area contributed by atoms with Crippen LogP contribution in [0.3, 0.4) is 0 Å². The lowest BCUT2D eigenvalue weighted by atomic mass is 10.1. The number of carbonyl (C=O) groups is 4. The number of fused-ring (bicyclic) bond motifs is 1. The number of rotatable bonds is 6. The minimum Gasteiger partial charge on any atom is -0.477 e. The Hall–Kier alpha value is -2.94. The van der Waals surface area contributed by atoms with Gasteiger partial charge in [-0.05, 0) is 12.1 Å². The molecule has 0 bridgehead atoms. The molecule has 2 N–H and O–H groups in total. The molecule has 21 heavy (non-hydrogen) atoms. The van der Waals surface area contributed by atoms with Gasteiger partial charge in [0.2, 0.25) is 0 Å². The number of hydrogen-bond acceptors (Lipinski definition) is 7. The third-order valence-corrected chi connectivity index (χ3v) is 3.69. The van der Waals surface area contributed by atoms with Gasteiger partial charge in [-0.25, -0.2) is 9.59 Å². The maximum absolute atomic E-state index is 11.2. The predicted molar refractivity (Wildman–Crippen MR) is 69.1 cm³/mol. The Morgan fingerprint density at radius 3 is 1.57 bits per heavy atom. The van der Waals surface area contributed by atoms with Crippen LogP contribution in [0, 0.1) is 0 Å². The summed E-state index contributed by atoms with van der Waals surface area (Å²) in [6.45, 7) is 0.164. The van der Waals surface area contributed by atoms with Crippen molar-refractivity contribution in [2.75, 3.05) is 0 Å². The third kappa shape index (κ3) is 2.41. The molecule has 1 aromatic heterocycles. The summed E-state index contributed by atoms with van der Waals surface area (Å²) >= 11 is 0.478. The Bertz CT molecular complexity index is 698. The van der Waals surface area contributed by atoms with Gasteiger partial charge in [0.1, 0.15) is 21.3 Å². The Morgan fingerprint density at radius 2 is 1.29 bits per heavy atom. The van der Waals surface area contributed by atoms with Gasteiger partial charge in [0.05, 0.1) is 10.8 Å². The molecule has 108 valence electrons. The van der Waals surface area contributed by atoms with E-state index in [0.717, 1.165) is 0 Å². The fourth-order valence-corrected chi connectivity index (χ4v) is 2.81. The SMILES string of the molecule is O=COc1ccc(OC=O)c2c(C(=O)O)sc(C(=O)O)c12. The molecule has 0 saturated heterocycles. The molecule has 0 aliphatic carbocycles. The zero-order valence-corrected chi connectivity index (χ0v) is 10.9. The highest BCUT2D eigenvalue weighted by molar-refractivity contribution is 7.17. The quantitative estimate of drug-likeness (QED) is 0.766. The summed E-state index contributed by atoms with van der Waals surface area (Å²) in [5.74, 6) is -3.06. The van der Waals surface area contributed by atoms with Crippen LogP contribution in [-0.2, 0) is 9.59 Å². The number of benzene rings is 1. The summed E-state index contributed by atoms with van der Waals surface area (Å²) in [6, 6.07) is 2.42. The summed E-state index contributed by atoms with van der Waals surface area (Å²) in [5.41, 5.74) is 0. The van der Waals surface area contributed by atoms with E-state index in [4.69, 9.17) is 10.2 Å². The molecule has 0 unspecified atom stereocenters. The first-order chi connectivity index (χ1) is 10.0. The maximum atomic E-state index is 11.2. The van der Waals surface area contributed by atoms with E-state index >= 15 is 0 Å². The van der Waals surface area contributed by atoms with Crippen LogP contribution < -0.4 is 9.47 Å². The van der Waals surface area contributed by atoms with Crippen molar-refractivity contribution >= 4 is 47.0 Å². The highest BCUT2D eigenvalue weighted by atomic mass is 32.1. The Balaban J connectivity index is 2.95. The lowest BCUT2D eigenvalue weighted by molar-refractivity contribution is -0.121. The Morgan fingerprint density at radius 1 is 0.905 bits per heavy atom. The monoisotopic (exact) mass is 310 g/mol. The average molecular weight is 310 g/mol. The van der Waals surface area contributed by atoms with Gasteiger partial charge in [-0.15, -0.1) is 11.3 Å². The molecule has 0 amide bonds. The van der Waals surface area contributed by atoms with Crippen molar-refractivity contribution < 1.29 is 38.9 Å². The molecule has 9 heteroatoms. The van der Waals surface area contributed by atoms with Crippen molar-refractivity contribution in [2.24, 2.45) is 0 Å². The fourth-order valence-electron chi connectivity index (χ4n) is 1.82. The number of carboxylic acids is 2. The topological polar surface area (TPSA) is 127 Å². The number of hydrogen-bond donors (Lipinski definition) is 2. The van der Waals surface area contributed by atoms with Crippen LogP contribution >= 0.6 is 11.3 Å². The van der Waals surface area contributed by atoms with E-state index in [-0.39, 0.29) is 45.0 Å². The lowest BCUT2D eigenvalue weighted by Gasteiger charge is -2.06. The van der Waals surface area contributed by atoms with Gasteiger partial charge in [0, 0.05) is 0 Å². The van der Waals surface area contributed by atoms with E-state index < -0.39 is 11.9 Å². The fraction of sp³-hybridized carbons (Fsp3) is 0. The number of ether oxygens (including phenoxy) is 2. The van der Waals surface area contributed by atoms with Gasteiger partial charge in [0.25, 0.3) is 12.9 Å². The van der Waals surface area contributed by atoms with Crippen LogP contribution in [0.4, 0.5) is 0 Å². The first kappa shape index (κ1) is 14.5. The van der Waals surface area contributed by atoms with E-state index in [1.54, 1.807) is 0 Å². The first-order valence-corrected chi connectivity index (χ1v) is 6.09. The smallest absolute Gasteiger partial charge is 0.346 e. The summed E-state index contributed by atoms with van der Waals surface area (Å²) in [4.78, 5) is 42.8. The summed E-state index contributed by atoms with van der Waals surface area (Å²) in [5, 5.41) is 18.1. The molecule has 0 aliphatic rings. The highest BCUT2D eigenvalue weighted by Gasteiger charge is 2.26. The Labute approximate surface area is 120 Å². The zero-order valence-electron chi connectivity index (χ0n) is 10.1. The molecule has 1 heterocycles. The molecule has 8 nitrogen and oxygen atoms in total. The molecular weight excluding hydrogens is 304 g/mol. The van der Waals surface area contributed by atoms with Crippen molar-refractivity contribution in [1.82, 2.24) is 0 Å². The number of carbonyl (C=O) groups excluding carboxylic acids is 2. The second-order valence-electron chi connectivity index (χ2n) is 3.61. The summed E-state index contributed by atoms with van der Waals surface area (Å²) in [6.07, 6.45) is 0. The third-order valence-electron chi connectivity index (χ3n) is 2.53. The molecule has 0 radical (unpaired) electrons. The molecule has 0 spiro atoms. The van der Waals surface area contributed by atoms with Gasteiger partial charge in [-0.3, -0.25) is 9.59 Å². The van der Waals surface area contributed by atoms with Crippen molar-refractivity contribution in [3.05, 3.63) is 21.9 Å². The van der Waals surface area contributed by atoms with Crippen LogP contribution in [0.15, 0.2) is 12.1 Å². The second kappa shape index (κ2) is 5.59. The van der Waals surface area contributed by atoms with Crippen LogP contribution in [0.5, 0.6) is 11.5 Å². The summed E-state index contributed by atoms with van der Waals surface area (Å²) < 4.78 is 9.32. The van der Waals surface area contributed by atoms with Crippen LogP contribution in [-0.4, -0.2) is 35.1 Å². The highest BCUT2D eigenvalue weighted by Crippen LogP contribution is 2.42. The molecule has 1 aromatic carbocycles. The van der Waals surface area contributed by atoms with E-state index in [0.29, 0.717) is 11.3 Å². The van der Waals surface area contributed by atoms with Gasteiger partial charge in [-0.2, -0.15) is 0 Å². The van der Waals surface area contributed by atoms with E-state index in [9.17, 15) is 19.2 Å². The van der Waals surface area contributed by atoms with Gasteiger partial charge in [0.15, 0.2) is 0 Å². The van der Waals surface area contributed by atoms with Crippen molar-refractivity contribution in [3.8, 4) is 11.5 Å². The molecule has 0 aliphatic heterocycles. The molecule has 0 fully saturated rings. The van der Waals surface area contributed by atoms with Crippen molar-refractivity contribution in [1.29, 1.82) is 0 Å². The molecule has 0 saturated carbocycles. The molecule has 2 rings (SSSR count). The Kier molecular flexibility index (Phi) is 3.85. The minimum absolute atomic E-state index is 0.0821. The van der Waals surface area contributed by atoms with E-state index in [1.807, 2.05) is 0 Å². The maximum Gasteiger partial charge on any atom is 0.346 e. The van der Waals surface area contributed by atoms with Gasteiger partial charge >= 0.3 is 11.9 Å².